The Morgan fingerprint density at radius 2 is 2.44 bits per heavy atom. The Morgan fingerprint density at radius 3 is 3.16 bits per heavy atom. The standard InChI is InChI=1S/C17H20N4O2S2/c1-11-12(2)21(9-14-4-3-6-23-14)17(19-11)25-10-15(22)20-16-13(8-18)5-7-24-16/h5,7,14H,3-4,6,9-10H2,1-2H3,(H,20,22). The number of ether oxygens (including phenoxy) is 1. The van der Waals surface area contributed by atoms with Gasteiger partial charge in [-0.05, 0) is 38.1 Å². The van der Waals surface area contributed by atoms with Crippen molar-refractivity contribution in [1.29, 1.82) is 5.26 Å². The van der Waals surface area contributed by atoms with E-state index in [-0.39, 0.29) is 17.8 Å². The number of aromatic nitrogens is 2. The smallest absolute Gasteiger partial charge is 0.235 e. The third-order valence-corrected chi connectivity index (χ3v) is 6.01. The molecular weight excluding hydrogens is 356 g/mol. The number of nitrogens with zero attached hydrogens (tertiary/aromatic N) is 3. The first kappa shape index (κ1) is 18.0. The number of rotatable bonds is 6. The van der Waals surface area contributed by atoms with Gasteiger partial charge in [-0.2, -0.15) is 5.26 Å². The molecule has 1 N–H and O–H groups in total. The Morgan fingerprint density at radius 1 is 1.60 bits per heavy atom. The van der Waals surface area contributed by atoms with Gasteiger partial charge >= 0.3 is 0 Å². The first-order valence-corrected chi connectivity index (χ1v) is 10.0. The molecule has 0 aromatic carbocycles. The van der Waals surface area contributed by atoms with Gasteiger partial charge in [0.15, 0.2) is 5.16 Å². The Balaban J connectivity index is 1.63. The van der Waals surface area contributed by atoms with Crippen molar-refractivity contribution in [1.82, 2.24) is 9.55 Å². The van der Waals surface area contributed by atoms with Gasteiger partial charge in [-0.25, -0.2) is 4.98 Å². The van der Waals surface area contributed by atoms with Crippen LogP contribution in [0.5, 0.6) is 0 Å². The van der Waals surface area contributed by atoms with E-state index in [2.05, 4.69) is 20.9 Å². The number of hydrogen-bond acceptors (Lipinski definition) is 6. The van der Waals surface area contributed by atoms with E-state index in [1.165, 1.54) is 23.1 Å². The van der Waals surface area contributed by atoms with Crippen molar-refractivity contribution in [2.24, 2.45) is 0 Å². The maximum absolute atomic E-state index is 12.2. The molecule has 1 aliphatic rings. The molecule has 0 spiro atoms. The molecule has 2 aromatic rings. The Kier molecular flexibility index (Phi) is 5.78. The van der Waals surface area contributed by atoms with Crippen LogP contribution in [0.4, 0.5) is 5.00 Å². The van der Waals surface area contributed by atoms with Crippen LogP contribution in [0.15, 0.2) is 16.6 Å². The third-order valence-electron chi connectivity index (χ3n) is 4.20. The zero-order valence-corrected chi connectivity index (χ0v) is 15.9. The lowest BCUT2D eigenvalue weighted by Crippen LogP contribution is -2.18. The predicted molar refractivity (Wildman–Crippen MR) is 99.1 cm³/mol. The highest BCUT2D eigenvalue weighted by atomic mass is 32.2. The van der Waals surface area contributed by atoms with Crippen LogP contribution in [0.1, 0.15) is 29.8 Å². The molecular formula is C17H20N4O2S2. The largest absolute Gasteiger partial charge is 0.376 e. The van der Waals surface area contributed by atoms with Gasteiger partial charge in [-0.3, -0.25) is 4.79 Å². The van der Waals surface area contributed by atoms with Crippen LogP contribution in [0.25, 0.3) is 0 Å². The van der Waals surface area contributed by atoms with E-state index in [1.54, 1.807) is 11.4 Å². The van der Waals surface area contributed by atoms with Crippen molar-refractivity contribution in [3.8, 4) is 6.07 Å². The predicted octanol–water partition coefficient (Wildman–Crippen LogP) is 3.34. The van der Waals surface area contributed by atoms with E-state index < -0.39 is 0 Å². The monoisotopic (exact) mass is 376 g/mol. The van der Waals surface area contributed by atoms with Crippen LogP contribution in [0.2, 0.25) is 0 Å². The highest BCUT2D eigenvalue weighted by molar-refractivity contribution is 7.99. The summed E-state index contributed by atoms with van der Waals surface area (Å²) in [6.45, 7) is 5.63. The molecule has 0 aliphatic carbocycles. The molecule has 0 radical (unpaired) electrons. The molecule has 2 aromatic heterocycles. The van der Waals surface area contributed by atoms with E-state index in [0.29, 0.717) is 10.6 Å². The van der Waals surface area contributed by atoms with Gasteiger partial charge in [0, 0.05) is 12.3 Å². The Hall–Kier alpha value is -1.82. The summed E-state index contributed by atoms with van der Waals surface area (Å²) in [5.41, 5.74) is 2.59. The maximum Gasteiger partial charge on any atom is 0.235 e. The molecule has 6 nitrogen and oxygen atoms in total. The second-order valence-electron chi connectivity index (χ2n) is 5.92. The van der Waals surface area contributed by atoms with Crippen LogP contribution < -0.4 is 5.32 Å². The molecule has 8 heteroatoms. The quantitative estimate of drug-likeness (QED) is 0.782. The highest BCUT2D eigenvalue weighted by Crippen LogP contribution is 2.26. The van der Waals surface area contributed by atoms with E-state index in [4.69, 9.17) is 10.00 Å². The van der Waals surface area contributed by atoms with Crippen molar-refractivity contribution < 1.29 is 9.53 Å². The lowest BCUT2D eigenvalue weighted by Gasteiger charge is -2.14. The van der Waals surface area contributed by atoms with Crippen LogP contribution in [-0.4, -0.2) is 33.9 Å². The SMILES string of the molecule is Cc1nc(SCC(=O)Nc2sccc2C#N)n(CC2CCCO2)c1C. The fourth-order valence-electron chi connectivity index (χ4n) is 2.73. The molecule has 1 aliphatic heterocycles. The number of thiophene rings is 1. The molecule has 1 fully saturated rings. The first-order valence-electron chi connectivity index (χ1n) is 8.14. The number of nitriles is 1. The fraction of sp³-hybridized carbons (Fsp3) is 0.471. The lowest BCUT2D eigenvalue weighted by molar-refractivity contribution is -0.113. The minimum absolute atomic E-state index is 0.133. The number of nitrogens with one attached hydrogen (secondary N) is 1. The minimum Gasteiger partial charge on any atom is -0.376 e. The zero-order valence-electron chi connectivity index (χ0n) is 14.2. The topological polar surface area (TPSA) is 79.9 Å². The van der Waals surface area contributed by atoms with Crippen LogP contribution in [-0.2, 0) is 16.1 Å². The summed E-state index contributed by atoms with van der Waals surface area (Å²) in [7, 11) is 0. The average Bonchev–Trinajstić information content (AvgIpc) is 3.31. The first-order chi connectivity index (χ1) is 12.1. The molecule has 25 heavy (non-hydrogen) atoms. The Labute approximate surface area is 155 Å². The fourth-order valence-corrected chi connectivity index (χ4v) is 4.38. The molecule has 3 rings (SSSR count). The molecule has 1 atom stereocenters. The van der Waals surface area contributed by atoms with Crippen LogP contribution in [0.3, 0.4) is 0 Å². The van der Waals surface area contributed by atoms with E-state index in [9.17, 15) is 4.79 Å². The number of carbonyl (C=O) groups is 1. The zero-order chi connectivity index (χ0) is 17.8. The van der Waals surface area contributed by atoms with E-state index in [0.717, 1.165) is 42.5 Å². The second-order valence-corrected chi connectivity index (χ2v) is 7.78. The number of aryl methyl sites for hydroxylation is 1. The number of carbonyl (C=O) groups excluding carboxylic acids is 1. The van der Waals surface area contributed by atoms with Gasteiger partial charge in [0.1, 0.15) is 11.1 Å². The molecule has 0 saturated carbocycles. The summed E-state index contributed by atoms with van der Waals surface area (Å²) in [5, 5.41) is 15.0. The van der Waals surface area contributed by atoms with Gasteiger partial charge in [-0.1, -0.05) is 11.8 Å². The van der Waals surface area contributed by atoms with E-state index >= 15 is 0 Å². The van der Waals surface area contributed by atoms with Crippen LogP contribution in [0, 0.1) is 25.2 Å². The lowest BCUT2D eigenvalue weighted by atomic mass is 10.2. The van der Waals surface area contributed by atoms with Gasteiger partial charge in [0.2, 0.25) is 5.91 Å². The van der Waals surface area contributed by atoms with Crippen LogP contribution >= 0.6 is 23.1 Å². The van der Waals surface area contributed by atoms with Crippen molar-refractivity contribution in [2.45, 2.75) is 44.5 Å². The number of amides is 1. The van der Waals surface area contributed by atoms with Crippen molar-refractivity contribution >= 4 is 34.0 Å². The summed E-state index contributed by atoms with van der Waals surface area (Å²) in [6, 6.07) is 3.78. The van der Waals surface area contributed by atoms with Gasteiger partial charge in [0.05, 0.1) is 29.7 Å². The number of hydrogen-bond donors (Lipinski definition) is 1. The second kappa shape index (κ2) is 8.04. The van der Waals surface area contributed by atoms with E-state index in [1.807, 2.05) is 13.8 Å². The summed E-state index contributed by atoms with van der Waals surface area (Å²) in [4.78, 5) is 16.8. The molecule has 1 unspecified atom stereocenters. The number of anilines is 1. The van der Waals surface area contributed by atoms with Crippen molar-refractivity contribution in [3.05, 3.63) is 28.4 Å². The normalized spacial score (nSPS) is 16.8. The maximum atomic E-state index is 12.2. The number of thioether (sulfide) groups is 1. The number of imidazole rings is 1. The van der Waals surface area contributed by atoms with Crippen molar-refractivity contribution in [3.63, 3.8) is 0 Å². The molecule has 3 heterocycles. The van der Waals surface area contributed by atoms with Gasteiger partial charge < -0.3 is 14.6 Å². The summed E-state index contributed by atoms with van der Waals surface area (Å²) in [5.74, 6) is 0.121. The average molecular weight is 377 g/mol. The third kappa shape index (κ3) is 4.24. The minimum atomic E-state index is -0.133. The summed E-state index contributed by atoms with van der Waals surface area (Å²) in [6.07, 6.45) is 2.39. The summed E-state index contributed by atoms with van der Waals surface area (Å²) < 4.78 is 7.88. The highest BCUT2D eigenvalue weighted by Gasteiger charge is 2.21. The summed E-state index contributed by atoms with van der Waals surface area (Å²) >= 11 is 2.77. The van der Waals surface area contributed by atoms with Gasteiger partial charge in [-0.15, -0.1) is 11.3 Å². The molecule has 0 bridgehead atoms. The van der Waals surface area contributed by atoms with Crippen molar-refractivity contribution in [2.75, 3.05) is 17.7 Å². The Bertz CT molecular complexity index is 800. The molecule has 1 amide bonds. The molecule has 132 valence electrons. The molecule has 1 saturated heterocycles. The van der Waals surface area contributed by atoms with Gasteiger partial charge in [0.25, 0.3) is 0 Å².